The zero-order valence-electron chi connectivity index (χ0n) is 18.3. The molecule has 0 spiro atoms. The Hall–Kier alpha value is -3.32. The fourth-order valence-corrected chi connectivity index (χ4v) is 3.70. The van der Waals surface area contributed by atoms with Crippen LogP contribution in [0.5, 0.6) is 5.75 Å². The molecule has 1 fully saturated rings. The van der Waals surface area contributed by atoms with Crippen LogP contribution >= 0.6 is 0 Å². The molecule has 170 valence electrons. The molecule has 0 unspecified atom stereocenters. The lowest BCUT2D eigenvalue weighted by Gasteiger charge is -2.26. The Morgan fingerprint density at radius 1 is 1.03 bits per heavy atom. The van der Waals surface area contributed by atoms with Crippen molar-refractivity contribution in [1.29, 1.82) is 0 Å². The average Bonchev–Trinajstić information content (AvgIpc) is 2.81. The third-order valence-corrected chi connectivity index (χ3v) is 5.63. The number of anilines is 2. The fraction of sp³-hybridized carbons (Fsp3) is 0.360. The smallest absolute Gasteiger partial charge is 0.330 e. The zero-order valence-corrected chi connectivity index (χ0v) is 18.3. The van der Waals surface area contributed by atoms with Gasteiger partial charge >= 0.3 is 11.9 Å². The van der Waals surface area contributed by atoms with Crippen LogP contribution in [-0.4, -0.2) is 31.8 Å². The minimum atomic E-state index is -0.449. The number of nitrogens with two attached hydrogens (primary N) is 2. The molecule has 4 N–H and O–H groups in total. The van der Waals surface area contributed by atoms with Crippen LogP contribution in [0.2, 0.25) is 0 Å². The molecular formula is C25H30N2O5. The first-order chi connectivity index (χ1) is 15.4. The van der Waals surface area contributed by atoms with E-state index in [-0.39, 0.29) is 24.6 Å². The minimum absolute atomic E-state index is 0.0848. The Morgan fingerprint density at radius 3 is 2.44 bits per heavy atom. The molecular weight excluding hydrogens is 408 g/mol. The number of carbonyl (C=O) groups is 2. The number of hydrogen-bond donors (Lipinski definition) is 2. The van der Waals surface area contributed by atoms with Gasteiger partial charge in [-0.15, -0.1) is 0 Å². The lowest BCUT2D eigenvalue weighted by Crippen LogP contribution is -2.28. The van der Waals surface area contributed by atoms with Gasteiger partial charge in [0.25, 0.3) is 0 Å². The molecule has 7 heteroatoms. The third-order valence-electron chi connectivity index (χ3n) is 5.63. The lowest BCUT2D eigenvalue weighted by atomic mass is 9.87. The highest BCUT2D eigenvalue weighted by atomic mass is 16.5. The predicted octanol–water partition coefficient (Wildman–Crippen LogP) is 3.76. The van der Waals surface area contributed by atoms with Gasteiger partial charge in [-0.2, -0.15) is 0 Å². The molecule has 0 heterocycles. The molecule has 0 saturated heterocycles. The number of esters is 2. The first-order valence-electron chi connectivity index (χ1n) is 10.8. The molecule has 1 saturated carbocycles. The summed E-state index contributed by atoms with van der Waals surface area (Å²) in [5.74, 6) is -0.247. The molecule has 0 bridgehead atoms. The molecule has 1 aliphatic rings. The van der Waals surface area contributed by atoms with Gasteiger partial charge in [-0.25, -0.2) is 4.79 Å². The van der Waals surface area contributed by atoms with Gasteiger partial charge in [0, 0.05) is 31.0 Å². The number of rotatable bonds is 8. The van der Waals surface area contributed by atoms with Gasteiger partial charge < -0.3 is 25.7 Å². The van der Waals surface area contributed by atoms with Crippen LogP contribution in [-0.2, 0) is 25.5 Å². The highest BCUT2D eigenvalue weighted by Crippen LogP contribution is 2.27. The summed E-state index contributed by atoms with van der Waals surface area (Å²) in [6.07, 6.45) is 7.06. The van der Waals surface area contributed by atoms with Gasteiger partial charge in [0.2, 0.25) is 0 Å². The van der Waals surface area contributed by atoms with E-state index in [1.807, 2.05) is 0 Å². The van der Waals surface area contributed by atoms with Gasteiger partial charge in [-0.3, -0.25) is 4.79 Å². The van der Waals surface area contributed by atoms with Gasteiger partial charge in [0.15, 0.2) is 0 Å². The molecule has 32 heavy (non-hydrogen) atoms. The molecule has 7 nitrogen and oxygen atoms in total. The summed E-state index contributed by atoms with van der Waals surface area (Å²) in [7, 11) is 1.70. The fourth-order valence-electron chi connectivity index (χ4n) is 3.70. The molecule has 0 aliphatic heterocycles. The second-order valence-electron chi connectivity index (χ2n) is 7.91. The monoisotopic (exact) mass is 438 g/mol. The highest BCUT2D eigenvalue weighted by molar-refractivity contribution is 5.87. The van der Waals surface area contributed by atoms with E-state index < -0.39 is 5.97 Å². The van der Waals surface area contributed by atoms with E-state index in [2.05, 4.69) is 0 Å². The van der Waals surface area contributed by atoms with E-state index in [1.54, 1.807) is 55.7 Å². The highest BCUT2D eigenvalue weighted by Gasteiger charge is 2.27. The summed E-state index contributed by atoms with van der Waals surface area (Å²) in [6, 6.07) is 12.2. The second-order valence-corrected chi connectivity index (χ2v) is 7.91. The van der Waals surface area contributed by atoms with Crippen molar-refractivity contribution >= 4 is 29.4 Å². The summed E-state index contributed by atoms with van der Waals surface area (Å²) in [4.78, 5) is 24.3. The standard InChI is InChI=1S/C25H30N2O5/c1-30-21-10-5-18(6-11-21)25(29)32-22-8-2-17(3-9-22)4-13-24(28)31-15-14-19-16-20(26)7-12-23(19)27/h2-4,7-9,12-13,16,18,21H,5-6,10-11,14-15,26-27H2,1H3. The Balaban J connectivity index is 1.43. The van der Waals surface area contributed by atoms with Crippen LogP contribution < -0.4 is 16.2 Å². The van der Waals surface area contributed by atoms with Gasteiger partial charge in [-0.05, 0) is 73.2 Å². The first kappa shape index (κ1) is 23.3. The number of hydrogen-bond acceptors (Lipinski definition) is 7. The lowest BCUT2D eigenvalue weighted by molar-refractivity contribution is -0.141. The van der Waals surface area contributed by atoms with E-state index in [1.165, 1.54) is 6.08 Å². The van der Waals surface area contributed by atoms with Gasteiger partial charge in [0.1, 0.15) is 5.75 Å². The number of carbonyl (C=O) groups excluding carboxylic acids is 2. The number of benzene rings is 2. The Labute approximate surface area is 188 Å². The molecule has 2 aromatic rings. The normalized spacial score (nSPS) is 18.4. The van der Waals surface area contributed by atoms with Crippen molar-refractivity contribution in [3.05, 3.63) is 59.7 Å². The van der Waals surface area contributed by atoms with Crippen molar-refractivity contribution in [1.82, 2.24) is 0 Å². The third kappa shape index (κ3) is 6.85. The Morgan fingerprint density at radius 2 is 1.75 bits per heavy atom. The first-order valence-corrected chi connectivity index (χ1v) is 10.8. The molecule has 1 aliphatic carbocycles. The van der Waals surface area contributed by atoms with E-state index in [4.69, 9.17) is 25.7 Å². The maximum atomic E-state index is 12.4. The summed E-state index contributed by atoms with van der Waals surface area (Å²) in [5, 5.41) is 0. The summed E-state index contributed by atoms with van der Waals surface area (Å²) >= 11 is 0. The van der Waals surface area contributed by atoms with Crippen molar-refractivity contribution in [2.24, 2.45) is 5.92 Å². The molecule has 0 atom stereocenters. The Bertz CT molecular complexity index is 947. The van der Waals surface area contributed by atoms with E-state index in [0.717, 1.165) is 36.8 Å². The van der Waals surface area contributed by atoms with Gasteiger partial charge in [-0.1, -0.05) is 12.1 Å². The molecule has 2 aromatic carbocycles. The van der Waals surface area contributed by atoms with Crippen LogP contribution in [0.15, 0.2) is 48.5 Å². The summed E-state index contributed by atoms with van der Waals surface area (Å²) in [5.41, 5.74) is 14.5. The summed E-state index contributed by atoms with van der Waals surface area (Å²) < 4.78 is 16.1. The minimum Gasteiger partial charge on any atom is -0.462 e. The molecule has 0 radical (unpaired) electrons. The van der Waals surface area contributed by atoms with E-state index >= 15 is 0 Å². The maximum absolute atomic E-state index is 12.4. The van der Waals surface area contributed by atoms with Crippen LogP contribution in [0.3, 0.4) is 0 Å². The van der Waals surface area contributed by atoms with Crippen molar-refractivity contribution in [2.75, 3.05) is 25.2 Å². The molecule has 0 aromatic heterocycles. The van der Waals surface area contributed by atoms with Gasteiger partial charge in [0.05, 0.1) is 18.6 Å². The molecule has 0 amide bonds. The summed E-state index contributed by atoms with van der Waals surface area (Å²) in [6.45, 7) is 0.206. The van der Waals surface area contributed by atoms with E-state index in [9.17, 15) is 9.59 Å². The molecule has 3 rings (SSSR count). The number of ether oxygens (including phenoxy) is 3. The van der Waals surface area contributed by atoms with Crippen LogP contribution in [0.4, 0.5) is 11.4 Å². The topological polar surface area (TPSA) is 114 Å². The zero-order chi connectivity index (χ0) is 22.9. The predicted molar refractivity (Wildman–Crippen MR) is 124 cm³/mol. The van der Waals surface area contributed by atoms with Crippen molar-refractivity contribution in [2.45, 2.75) is 38.2 Å². The average molecular weight is 439 g/mol. The second kappa shape index (κ2) is 11.3. The van der Waals surface area contributed by atoms with Crippen LogP contribution in [0.25, 0.3) is 6.08 Å². The van der Waals surface area contributed by atoms with E-state index in [0.29, 0.717) is 23.5 Å². The quantitative estimate of drug-likeness (QED) is 0.279. The maximum Gasteiger partial charge on any atom is 0.330 e. The Kier molecular flexibility index (Phi) is 8.27. The van der Waals surface area contributed by atoms with Crippen LogP contribution in [0.1, 0.15) is 36.8 Å². The number of nitrogen functional groups attached to an aromatic ring is 2. The largest absolute Gasteiger partial charge is 0.462 e. The van der Waals surface area contributed by atoms with Crippen molar-refractivity contribution in [3.8, 4) is 5.75 Å². The van der Waals surface area contributed by atoms with Crippen LogP contribution in [0, 0.1) is 5.92 Å². The van der Waals surface area contributed by atoms with Crippen molar-refractivity contribution < 1.29 is 23.8 Å². The number of methoxy groups -OCH3 is 1. The van der Waals surface area contributed by atoms with Crippen molar-refractivity contribution in [3.63, 3.8) is 0 Å². The SMILES string of the molecule is COC1CCC(C(=O)Oc2ccc(C=CC(=O)OCCc3cc(N)ccc3N)cc2)CC1.